The quantitative estimate of drug-likeness (QED) is 0.905. The van der Waals surface area contributed by atoms with Crippen LogP contribution in [-0.4, -0.2) is 60.2 Å². The summed E-state index contributed by atoms with van der Waals surface area (Å²) in [4.78, 5) is 23.4. The van der Waals surface area contributed by atoms with Crippen molar-refractivity contribution in [3.63, 3.8) is 0 Å². The van der Waals surface area contributed by atoms with Gasteiger partial charge < -0.3 is 15.0 Å². The van der Waals surface area contributed by atoms with Crippen LogP contribution in [-0.2, 0) is 4.74 Å². The van der Waals surface area contributed by atoms with Crippen molar-refractivity contribution in [1.29, 1.82) is 0 Å². The summed E-state index contributed by atoms with van der Waals surface area (Å²) in [7, 11) is 1.72. The van der Waals surface area contributed by atoms with Gasteiger partial charge in [-0.05, 0) is 25.0 Å². The summed E-state index contributed by atoms with van der Waals surface area (Å²) >= 11 is 0. The number of likely N-dealkylation sites (tertiary alicyclic amines) is 1. The molecule has 0 bridgehead atoms. The fraction of sp³-hybridized carbons (Fsp3) is 0.471. The van der Waals surface area contributed by atoms with E-state index in [0.29, 0.717) is 5.69 Å². The molecule has 6 nitrogen and oxygen atoms in total. The number of amides is 1. The molecule has 1 aromatic heterocycles. The van der Waals surface area contributed by atoms with E-state index in [1.54, 1.807) is 13.3 Å². The van der Waals surface area contributed by atoms with Crippen LogP contribution in [0.25, 0.3) is 11.0 Å². The molecule has 2 aromatic rings. The third kappa shape index (κ3) is 4.03. The van der Waals surface area contributed by atoms with E-state index in [1.165, 1.54) is 0 Å². The van der Waals surface area contributed by atoms with Crippen molar-refractivity contribution in [2.45, 2.75) is 18.9 Å². The second kappa shape index (κ2) is 7.48. The lowest BCUT2D eigenvalue weighted by Crippen LogP contribution is -2.45. The molecule has 0 aliphatic carbocycles. The molecule has 0 atom stereocenters. The number of rotatable bonds is 5. The molecule has 1 aliphatic heterocycles. The number of hydrogen-bond donors (Lipinski definition) is 1. The molecule has 1 aromatic carbocycles. The number of hydrogen-bond acceptors (Lipinski definition) is 5. The Morgan fingerprint density at radius 2 is 2.04 bits per heavy atom. The summed E-state index contributed by atoms with van der Waals surface area (Å²) in [5.41, 5.74) is 1.93. The van der Waals surface area contributed by atoms with Gasteiger partial charge in [-0.25, -0.2) is 4.98 Å². The van der Waals surface area contributed by atoms with Gasteiger partial charge >= 0.3 is 0 Å². The minimum atomic E-state index is -0.140. The smallest absolute Gasteiger partial charge is 0.271 e. The molecular formula is C17H22N4O2. The predicted molar refractivity (Wildman–Crippen MR) is 88.3 cm³/mol. The minimum Gasteiger partial charge on any atom is -0.383 e. The highest BCUT2D eigenvalue weighted by Crippen LogP contribution is 2.12. The van der Waals surface area contributed by atoms with Gasteiger partial charge in [-0.3, -0.25) is 9.78 Å². The second-order valence-electron chi connectivity index (χ2n) is 5.83. The molecule has 122 valence electrons. The van der Waals surface area contributed by atoms with Gasteiger partial charge in [0.05, 0.1) is 23.8 Å². The molecule has 0 unspecified atom stereocenters. The fourth-order valence-electron chi connectivity index (χ4n) is 2.85. The van der Waals surface area contributed by atoms with E-state index in [4.69, 9.17) is 4.74 Å². The number of aromatic nitrogens is 2. The van der Waals surface area contributed by atoms with Gasteiger partial charge in [0.1, 0.15) is 5.69 Å². The second-order valence-corrected chi connectivity index (χ2v) is 5.83. The number of methoxy groups -OCH3 is 1. The van der Waals surface area contributed by atoms with E-state index in [9.17, 15) is 4.79 Å². The van der Waals surface area contributed by atoms with Gasteiger partial charge in [0.2, 0.25) is 0 Å². The summed E-state index contributed by atoms with van der Waals surface area (Å²) in [5, 5.41) is 3.08. The Bertz CT molecular complexity index is 668. The summed E-state index contributed by atoms with van der Waals surface area (Å²) in [6.45, 7) is 3.67. The summed E-state index contributed by atoms with van der Waals surface area (Å²) < 4.78 is 5.10. The molecule has 6 heteroatoms. The van der Waals surface area contributed by atoms with Crippen LogP contribution >= 0.6 is 0 Å². The SMILES string of the molecule is COCCN1CCC(NC(=O)c2cnc3ccccc3n2)CC1. The minimum absolute atomic E-state index is 0.140. The largest absolute Gasteiger partial charge is 0.383 e. The molecule has 2 heterocycles. The van der Waals surface area contributed by atoms with Gasteiger partial charge in [0.15, 0.2) is 0 Å². The Kier molecular flexibility index (Phi) is 5.15. The average molecular weight is 314 g/mol. The Morgan fingerprint density at radius 3 is 2.78 bits per heavy atom. The van der Waals surface area contributed by atoms with Crippen molar-refractivity contribution in [2.24, 2.45) is 0 Å². The molecule has 3 rings (SSSR count). The van der Waals surface area contributed by atoms with E-state index in [-0.39, 0.29) is 11.9 Å². The maximum Gasteiger partial charge on any atom is 0.271 e. The normalized spacial score (nSPS) is 16.6. The van der Waals surface area contributed by atoms with Crippen LogP contribution in [0.5, 0.6) is 0 Å². The van der Waals surface area contributed by atoms with E-state index in [1.807, 2.05) is 24.3 Å². The van der Waals surface area contributed by atoms with Crippen LogP contribution in [0.1, 0.15) is 23.3 Å². The summed E-state index contributed by atoms with van der Waals surface area (Å²) in [6, 6.07) is 7.77. The zero-order chi connectivity index (χ0) is 16.1. The average Bonchev–Trinajstić information content (AvgIpc) is 2.60. The number of carbonyl (C=O) groups excluding carboxylic acids is 1. The molecule has 1 N–H and O–H groups in total. The van der Waals surface area contributed by atoms with Crippen LogP contribution in [0.4, 0.5) is 0 Å². The fourth-order valence-corrected chi connectivity index (χ4v) is 2.85. The molecule has 23 heavy (non-hydrogen) atoms. The van der Waals surface area contributed by atoms with Crippen molar-refractivity contribution in [1.82, 2.24) is 20.2 Å². The van der Waals surface area contributed by atoms with E-state index >= 15 is 0 Å². The highest BCUT2D eigenvalue weighted by Gasteiger charge is 2.21. The maximum absolute atomic E-state index is 12.4. The molecular weight excluding hydrogens is 292 g/mol. The Balaban J connectivity index is 1.56. The van der Waals surface area contributed by atoms with Crippen LogP contribution < -0.4 is 5.32 Å². The van der Waals surface area contributed by atoms with E-state index < -0.39 is 0 Å². The zero-order valence-corrected chi connectivity index (χ0v) is 13.4. The van der Waals surface area contributed by atoms with Crippen molar-refractivity contribution < 1.29 is 9.53 Å². The Morgan fingerprint density at radius 1 is 1.30 bits per heavy atom. The third-order valence-electron chi connectivity index (χ3n) is 4.22. The van der Waals surface area contributed by atoms with Crippen molar-refractivity contribution >= 4 is 16.9 Å². The topological polar surface area (TPSA) is 67.3 Å². The van der Waals surface area contributed by atoms with Crippen LogP contribution in [0, 0.1) is 0 Å². The van der Waals surface area contributed by atoms with Crippen LogP contribution in [0.3, 0.4) is 0 Å². The summed E-state index contributed by atoms with van der Waals surface area (Å²) in [5.74, 6) is -0.140. The first-order valence-electron chi connectivity index (χ1n) is 8.00. The number of carbonyl (C=O) groups is 1. The maximum atomic E-state index is 12.4. The highest BCUT2D eigenvalue weighted by atomic mass is 16.5. The van der Waals surface area contributed by atoms with Crippen molar-refractivity contribution in [2.75, 3.05) is 33.4 Å². The van der Waals surface area contributed by atoms with E-state index in [2.05, 4.69) is 20.2 Å². The standard InChI is InChI=1S/C17H22N4O2/c1-23-11-10-21-8-6-13(7-9-21)19-17(22)16-12-18-14-4-2-3-5-15(14)20-16/h2-5,12-13H,6-11H2,1H3,(H,19,22). The first kappa shape index (κ1) is 15.8. The molecule has 1 fully saturated rings. The van der Waals surface area contributed by atoms with Gasteiger partial charge in [-0.1, -0.05) is 12.1 Å². The molecule has 0 spiro atoms. The van der Waals surface area contributed by atoms with Gasteiger partial charge in [0, 0.05) is 32.8 Å². The lowest BCUT2D eigenvalue weighted by Gasteiger charge is -2.32. The number of nitrogens with zero attached hydrogens (tertiary/aromatic N) is 3. The predicted octanol–water partition coefficient (Wildman–Crippen LogP) is 1.47. The number of fused-ring (bicyclic) bond motifs is 1. The van der Waals surface area contributed by atoms with Gasteiger partial charge in [-0.15, -0.1) is 0 Å². The Hall–Kier alpha value is -2.05. The van der Waals surface area contributed by atoms with Crippen molar-refractivity contribution in [3.05, 3.63) is 36.2 Å². The zero-order valence-electron chi connectivity index (χ0n) is 13.4. The lowest BCUT2D eigenvalue weighted by atomic mass is 10.0. The number of ether oxygens (including phenoxy) is 1. The van der Waals surface area contributed by atoms with Gasteiger partial charge in [0.25, 0.3) is 5.91 Å². The van der Waals surface area contributed by atoms with E-state index in [0.717, 1.165) is 50.1 Å². The molecule has 0 radical (unpaired) electrons. The third-order valence-corrected chi connectivity index (χ3v) is 4.22. The summed E-state index contributed by atoms with van der Waals surface area (Å²) in [6.07, 6.45) is 3.46. The number of benzene rings is 1. The monoisotopic (exact) mass is 314 g/mol. The van der Waals surface area contributed by atoms with Crippen molar-refractivity contribution in [3.8, 4) is 0 Å². The molecule has 0 saturated carbocycles. The molecule has 1 saturated heterocycles. The molecule has 1 aliphatic rings. The number of piperidine rings is 1. The first-order chi connectivity index (χ1) is 11.3. The van der Waals surface area contributed by atoms with Gasteiger partial charge in [-0.2, -0.15) is 0 Å². The number of para-hydroxylation sites is 2. The van der Waals surface area contributed by atoms with Crippen LogP contribution in [0.15, 0.2) is 30.5 Å². The first-order valence-corrected chi connectivity index (χ1v) is 8.00. The number of nitrogens with one attached hydrogen (secondary N) is 1. The lowest BCUT2D eigenvalue weighted by molar-refractivity contribution is 0.0888. The van der Waals surface area contributed by atoms with Crippen LogP contribution in [0.2, 0.25) is 0 Å². The molecule has 1 amide bonds. The highest BCUT2D eigenvalue weighted by molar-refractivity contribution is 5.93. The Labute approximate surface area is 135 Å².